The fourth-order valence-corrected chi connectivity index (χ4v) is 2.88. The number of anilines is 2. The highest BCUT2D eigenvalue weighted by Gasteiger charge is 2.17. The molecule has 0 N–H and O–H groups in total. The Balaban J connectivity index is 2.34. The third-order valence-corrected chi connectivity index (χ3v) is 3.81. The highest BCUT2D eigenvalue weighted by molar-refractivity contribution is 6.35. The van der Waals surface area contributed by atoms with Crippen molar-refractivity contribution in [1.29, 1.82) is 0 Å². The van der Waals surface area contributed by atoms with Crippen molar-refractivity contribution >= 4 is 21.1 Å². The number of para-hydroxylation sites is 2. The van der Waals surface area contributed by atoms with Gasteiger partial charge in [-0.3, -0.25) is 0 Å². The third-order valence-electron chi connectivity index (χ3n) is 2.45. The van der Waals surface area contributed by atoms with Crippen LogP contribution in [0.25, 0.3) is 0 Å². The molecular weight excluding hydrogens is 198 g/mol. The van der Waals surface area contributed by atoms with Crippen LogP contribution in [0.15, 0.2) is 60.7 Å². The zero-order valence-electron chi connectivity index (χ0n) is 8.93. The molecule has 0 aliphatic rings. The number of benzene rings is 2. The largest absolute Gasteiger partial charge is 0.308 e. The van der Waals surface area contributed by atoms with Gasteiger partial charge in [0.2, 0.25) is 0 Å². The summed E-state index contributed by atoms with van der Waals surface area (Å²) < 4.78 is 2.43. The second kappa shape index (κ2) is 4.91. The molecule has 0 saturated heterocycles. The van der Waals surface area contributed by atoms with Gasteiger partial charge in [0.25, 0.3) is 0 Å². The van der Waals surface area contributed by atoms with E-state index < -0.39 is 0 Å². The van der Waals surface area contributed by atoms with E-state index in [-0.39, 0.29) is 9.68 Å². The summed E-state index contributed by atoms with van der Waals surface area (Å²) in [6.45, 7) is 2.31. The van der Waals surface area contributed by atoms with Gasteiger partial charge in [0.05, 0.1) is 0 Å². The van der Waals surface area contributed by atoms with E-state index in [0.717, 1.165) is 0 Å². The van der Waals surface area contributed by atoms with E-state index in [9.17, 15) is 0 Å². The molecular formula is C13H15NSi+. The average molecular weight is 213 g/mol. The van der Waals surface area contributed by atoms with Gasteiger partial charge >= 0.3 is 9.68 Å². The minimum absolute atomic E-state index is 0.235. The summed E-state index contributed by atoms with van der Waals surface area (Å²) in [6, 6.07) is 21.2. The minimum Gasteiger partial charge on any atom is -0.172 e. The maximum absolute atomic E-state index is 2.43. The van der Waals surface area contributed by atoms with Gasteiger partial charge in [0, 0.05) is 24.3 Å². The Morgan fingerprint density at radius 1 is 0.733 bits per heavy atom. The fourth-order valence-electron chi connectivity index (χ4n) is 1.73. The van der Waals surface area contributed by atoms with Gasteiger partial charge in [-0.1, -0.05) is 36.4 Å². The van der Waals surface area contributed by atoms with Crippen molar-refractivity contribution in [3.05, 3.63) is 60.7 Å². The number of hydrogen-bond acceptors (Lipinski definition) is 1. The standard InChI is InChI=1S/C13H15NSi/c1-15-14(12-8-4-2-5-9-12)13-10-6-3-7-11-13/h2-11H,15H2,1H3/q+1. The summed E-state index contributed by atoms with van der Waals surface area (Å²) in [5.41, 5.74) is 2.61. The predicted molar refractivity (Wildman–Crippen MR) is 68.7 cm³/mol. The molecule has 1 nitrogen and oxygen atoms in total. The van der Waals surface area contributed by atoms with Crippen LogP contribution >= 0.6 is 0 Å². The zero-order chi connectivity index (χ0) is 10.5. The van der Waals surface area contributed by atoms with Crippen LogP contribution in [0.2, 0.25) is 6.55 Å². The molecule has 0 fully saturated rings. The lowest BCUT2D eigenvalue weighted by molar-refractivity contribution is 1.04. The van der Waals surface area contributed by atoms with E-state index in [1.807, 2.05) is 0 Å². The maximum Gasteiger partial charge on any atom is 0.308 e. The average Bonchev–Trinajstić information content (AvgIpc) is 2.33. The second-order valence-electron chi connectivity index (χ2n) is 3.42. The first-order valence-electron chi connectivity index (χ1n) is 5.29. The molecule has 2 rings (SSSR count). The van der Waals surface area contributed by atoms with Gasteiger partial charge in [-0.05, 0) is 6.55 Å². The molecule has 75 valence electrons. The van der Waals surface area contributed by atoms with Crippen LogP contribution in [-0.4, -0.2) is 9.68 Å². The van der Waals surface area contributed by atoms with Crippen LogP contribution in [0.4, 0.5) is 11.4 Å². The predicted octanol–water partition coefficient (Wildman–Crippen LogP) is 2.92. The maximum atomic E-state index is 2.43. The van der Waals surface area contributed by atoms with E-state index in [1.54, 1.807) is 0 Å². The molecule has 2 heteroatoms. The van der Waals surface area contributed by atoms with Crippen LogP contribution in [0, 0.1) is 0 Å². The molecule has 0 aliphatic carbocycles. The Morgan fingerprint density at radius 2 is 1.13 bits per heavy atom. The smallest absolute Gasteiger partial charge is 0.172 e. The molecule has 0 spiro atoms. The Labute approximate surface area is 93.3 Å². The molecule has 0 bridgehead atoms. The van der Waals surface area contributed by atoms with Gasteiger partial charge in [0.1, 0.15) is 0 Å². The molecule has 2 aromatic carbocycles. The molecule has 0 heterocycles. The Bertz CT molecular complexity index is 360. The molecule has 0 saturated carbocycles. The molecule has 0 unspecified atom stereocenters. The Hall–Kier alpha value is -1.38. The van der Waals surface area contributed by atoms with E-state index in [2.05, 4.69) is 71.8 Å². The van der Waals surface area contributed by atoms with E-state index in [4.69, 9.17) is 0 Å². The summed E-state index contributed by atoms with van der Waals surface area (Å²) in [5.74, 6) is 0. The van der Waals surface area contributed by atoms with E-state index in [0.29, 0.717) is 0 Å². The summed E-state index contributed by atoms with van der Waals surface area (Å²) in [4.78, 5) is 0. The van der Waals surface area contributed by atoms with Crippen molar-refractivity contribution in [3.63, 3.8) is 0 Å². The quantitative estimate of drug-likeness (QED) is 0.692. The summed E-state index contributed by atoms with van der Waals surface area (Å²) in [7, 11) is -0.235. The van der Waals surface area contributed by atoms with Crippen LogP contribution in [0.1, 0.15) is 0 Å². The molecule has 0 aromatic heterocycles. The van der Waals surface area contributed by atoms with E-state index in [1.165, 1.54) is 11.4 Å². The Kier molecular flexibility index (Phi) is 3.32. The molecule has 1 radical (unpaired) electrons. The van der Waals surface area contributed by atoms with Gasteiger partial charge in [-0.25, -0.2) is 0 Å². The van der Waals surface area contributed by atoms with Crippen LogP contribution in [0.3, 0.4) is 0 Å². The van der Waals surface area contributed by atoms with Crippen LogP contribution in [-0.2, 0) is 0 Å². The topological polar surface area (TPSA) is 5.90 Å². The van der Waals surface area contributed by atoms with Crippen LogP contribution < -0.4 is 4.57 Å². The van der Waals surface area contributed by atoms with Crippen LogP contribution in [0.5, 0.6) is 0 Å². The summed E-state index contributed by atoms with van der Waals surface area (Å²) in [6.07, 6.45) is 0. The van der Waals surface area contributed by atoms with Gasteiger partial charge in [0.15, 0.2) is 11.4 Å². The monoisotopic (exact) mass is 213 g/mol. The lowest BCUT2D eigenvalue weighted by atomic mass is 10.3. The summed E-state index contributed by atoms with van der Waals surface area (Å²) in [5, 5.41) is 0. The highest BCUT2D eigenvalue weighted by atomic mass is 28.2. The highest BCUT2D eigenvalue weighted by Crippen LogP contribution is 2.22. The normalized spacial score (nSPS) is 11.3. The van der Waals surface area contributed by atoms with Crippen molar-refractivity contribution in [2.75, 3.05) is 0 Å². The molecule has 0 aliphatic heterocycles. The van der Waals surface area contributed by atoms with E-state index >= 15 is 0 Å². The first kappa shape index (κ1) is 10.1. The van der Waals surface area contributed by atoms with Crippen molar-refractivity contribution in [3.8, 4) is 0 Å². The summed E-state index contributed by atoms with van der Waals surface area (Å²) >= 11 is 0. The second-order valence-corrected chi connectivity index (χ2v) is 4.68. The van der Waals surface area contributed by atoms with Crippen molar-refractivity contribution in [2.24, 2.45) is 0 Å². The van der Waals surface area contributed by atoms with Gasteiger partial charge in [-0.15, -0.1) is 0 Å². The first-order valence-corrected chi connectivity index (χ1v) is 7.34. The van der Waals surface area contributed by atoms with Crippen molar-refractivity contribution in [2.45, 2.75) is 6.55 Å². The number of nitrogens with zero attached hydrogens (tertiary/aromatic N) is 1. The number of rotatable bonds is 3. The lowest BCUT2D eigenvalue weighted by Gasteiger charge is -2.09. The molecule has 15 heavy (non-hydrogen) atoms. The zero-order valence-corrected chi connectivity index (χ0v) is 10.3. The fraction of sp³-hybridized carbons (Fsp3) is 0.0769. The third kappa shape index (κ3) is 2.35. The van der Waals surface area contributed by atoms with Crippen molar-refractivity contribution < 1.29 is 0 Å². The minimum atomic E-state index is -0.235. The number of hydrogen-bond donors (Lipinski definition) is 0. The van der Waals surface area contributed by atoms with Gasteiger partial charge < -0.3 is 0 Å². The molecule has 0 amide bonds. The lowest BCUT2D eigenvalue weighted by Crippen LogP contribution is -2.20. The Morgan fingerprint density at radius 3 is 1.47 bits per heavy atom. The SMILES string of the molecule is C[SiH2][N+](c1ccccc1)c1ccccc1. The van der Waals surface area contributed by atoms with Crippen molar-refractivity contribution in [1.82, 2.24) is 4.57 Å². The molecule has 2 aromatic rings. The first-order chi connectivity index (χ1) is 7.42. The molecule has 0 atom stereocenters. The van der Waals surface area contributed by atoms with Gasteiger partial charge in [-0.2, -0.15) is 4.57 Å².